The van der Waals surface area contributed by atoms with Crippen LogP contribution in [0.25, 0.3) is 23.3 Å². The van der Waals surface area contributed by atoms with E-state index in [1.54, 1.807) is 89.2 Å². The Labute approximate surface area is 622 Å². The zero-order valence-corrected chi connectivity index (χ0v) is 64.9. The van der Waals surface area contributed by atoms with Gasteiger partial charge in [-0.05, 0) is 213 Å². The Morgan fingerprint density at radius 3 is 1.79 bits per heavy atom. The molecule has 3 atom stereocenters. The molecule has 23 heteroatoms. The number of rotatable bonds is 31. The fourth-order valence-electron chi connectivity index (χ4n) is 12.6. The number of nitrogens with one attached hydrogen (secondary N) is 4. The van der Waals surface area contributed by atoms with Gasteiger partial charge in [0.25, 0.3) is 0 Å². The summed E-state index contributed by atoms with van der Waals surface area (Å²) in [7, 11) is 0. The normalized spacial score (nSPS) is 17.0. The van der Waals surface area contributed by atoms with Crippen molar-refractivity contribution in [2.45, 2.75) is 234 Å². The lowest BCUT2D eigenvalue weighted by Gasteiger charge is -2.36. The summed E-state index contributed by atoms with van der Waals surface area (Å²) in [6.07, 6.45) is 4.37. The van der Waals surface area contributed by atoms with E-state index in [4.69, 9.17) is 23.7 Å². The Kier molecular flexibility index (Phi) is 33.6. The highest BCUT2D eigenvalue weighted by Gasteiger charge is 2.37. The van der Waals surface area contributed by atoms with Crippen molar-refractivity contribution in [3.05, 3.63) is 124 Å². The number of unbranched alkanes of at least 4 members (excludes halogenated alkanes) is 2. The summed E-state index contributed by atoms with van der Waals surface area (Å²) in [5.41, 5.74) is 2.16. The van der Waals surface area contributed by atoms with Crippen molar-refractivity contribution in [3.63, 3.8) is 0 Å². The van der Waals surface area contributed by atoms with Gasteiger partial charge >= 0.3 is 30.1 Å². The molecule has 0 aromatic heterocycles. The SMILES string of the molecule is Cc1ccc(CCCC(=O)NCCCC[C@H](NC(=O)CC2CCN(CC(=O)OC(C)(C)C)CCN(CC(=O)OC(C)(C)C)CCN(CC(=O)OC(C)(C)C)CN2)C(=O)NCCCCOc2cc(/C=C/c3cccc(-c4ccccc4)c3C)c(C(F)(F)F)cc2CN2CCCC[C@H]2C(=O)OC(C)(C)C)cc1. The van der Waals surface area contributed by atoms with E-state index in [9.17, 15) is 33.6 Å². The number of nitrogens with zero attached hydrogens (tertiary/aromatic N) is 4. The number of piperidine rings is 1. The molecule has 0 spiro atoms. The second-order valence-electron chi connectivity index (χ2n) is 31.8. The summed E-state index contributed by atoms with van der Waals surface area (Å²) in [6.45, 7) is 28.0. The molecule has 20 nitrogen and oxygen atoms in total. The largest absolute Gasteiger partial charge is 0.493 e. The first-order valence-electron chi connectivity index (χ1n) is 37.5. The third-order valence-corrected chi connectivity index (χ3v) is 17.7. The maximum atomic E-state index is 15.4. The van der Waals surface area contributed by atoms with Gasteiger partial charge in [-0.2, -0.15) is 13.2 Å². The average Bonchev–Trinajstić information content (AvgIpc) is 0.785. The minimum Gasteiger partial charge on any atom is -0.493 e. The minimum atomic E-state index is -4.76. The number of carbonyl (C=O) groups is 7. The van der Waals surface area contributed by atoms with Crippen LogP contribution in [0.3, 0.4) is 0 Å². The van der Waals surface area contributed by atoms with Crippen molar-refractivity contribution >= 4 is 53.8 Å². The summed E-state index contributed by atoms with van der Waals surface area (Å²) in [4.78, 5) is 103. The first-order valence-corrected chi connectivity index (χ1v) is 37.5. The number of ether oxygens (including phenoxy) is 5. The van der Waals surface area contributed by atoms with Crippen LogP contribution in [0.2, 0.25) is 0 Å². The molecule has 580 valence electrons. The molecule has 2 aliphatic rings. The van der Waals surface area contributed by atoms with E-state index >= 15 is 13.2 Å². The van der Waals surface area contributed by atoms with Crippen LogP contribution >= 0.6 is 0 Å². The molecule has 4 aromatic rings. The van der Waals surface area contributed by atoms with Gasteiger partial charge in [-0.1, -0.05) is 96.9 Å². The summed E-state index contributed by atoms with van der Waals surface area (Å²) in [6, 6.07) is 24.0. The fourth-order valence-corrected chi connectivity index (χ4v) is 12.6. The van der Waals surface area contributed by atoms with Gasteiger partial charge in [-0.3, -0.25) is 53.2 Å². The van der Waals surface area contributed by atoms with Crippen LogP contribution in [0, 0.1) is 13.8 Å². The molecule has 0 radical (unpaired) electrons. The molecule has 105 heavy (non-hydrogen) atoms. The van der Waals surface area contributed by atoms with Gasteiger partial charge in [0.1, 0.15) is 40.2 Å². The molecule has 4 aromatic carbocycles. The van der Waals surface area contributed by atoms with E-state index in [1.807, 2.05) is 82.0 Å². The van der Waals surface area contributed by atoms with Crippen LogP contribution in [0.1, 0.15) is 199 Å². The maximum Gasteiger partial charge on any atom is 0.417 e. The third-order valence-electron chi connectivity index (χ3n) is 17.7. The number of halogens is 3. The number of esters is 4. The summed E-state index contributed by atoms with van der Waals surface area (Å²) >= 11 is 0. The van der Waals surface area contributed by atoms with E-state index in [-0.39, 0.29) is 81.6 Å². The predicted octanol–water partition coefficient (Wildman–Crippen LogP) is 12.6. The van der Waals surface area contributed by atoms with Crippen LogP contribution in [0.5, 0.6) is 5.75 Å². The number of carbonyl (C=O) groups excluding carboxylic acids is 7. The molecular formula is C82H119F3N8O12. The highest BCUT2D eigenvalue weighted by Crippen LogP contribution is 2.39. The van der Waals surface area contributed by atoms with Crippen LogP contribution in [-0.2, 0) is 71.7 Å². The average molecular weight is 1470 g/mol. The molecule has 3 amide bonds. The number of amides is 3. The van der Waals surface area contributed by atoms with Crippen molar-refractivity contribution in [2.75, 3.05) is 85.3 Å². The molecule has 4 N–H and O–H groups in total. The Balaban J connectivity index is 1.21. The molecule has 2 aliphatic heterocycles. The molecule has 6 rings (SSSR count). The lowest BCUT2D eigenvalue weighted by Crippen LogP contribution is -2.52. The van der Waals surface area contributed by atoms with E-state index in [0.29, 0.717) is 97.2 Å². The Hall–Kier alpha value is -7.70. The summed E-state index contributed by atoms with van der Waals surface area (Å²) < 4.78 is 75.6. The van der Waals surface area contributed by atoms with Crippen molar-refractivity contribution in [2.24, 2.45) is 0 Å². The van der Waals surface area contributed by atoms with Gasteiger partial charge in [0.05, 0.1) is 31.8 Å². The van der Waals surface area contributed by atoms with E-state index in [2.05, 4.69) is 45.5 Å². The van der Waals surface area contributed by atoms with E-state index in [0.717, 1.165) is 58.7 Å². The van der Waals surface area contributed by atoms with Gasteiger partial charge < -0.3 is 45.0 Å². The molecule has 0 aliphatic carbocycles. The van der Waals surface area contributed by atoms with E-state index < -0.39 is 88.0 Å². The van der Waals surface area contributed by atoms with Crippen molar-refractivity contribution in [3.8, 4) is 16.9 Å². The second kappa shape index (κ2) is 40.9. The first kappa shape index (κ1) is 86.2. The molecule has 1 unspecified atom stereocenters. The zero-order valence-electron chi connectivity index (χ0n) is 64.9. The van der Waals surface area contributed by atoms with Crippen LogP contribution in [-0.4, -0.2) is 187 Å². The van der Waals surface area contributed by atoms with Crippen LogP contribution in [0.4, 0.5) is 13.2 Å². The summed E-state index contributed by atoms with van der Waals surface area (Å²) in [5.74, 6) is -2.50. The number of benzene rings is 4. The number of likely N-dealkylation sites (tertiary alicyclic amines) is 1. The fraction of sp³-hybridized carbons (Fsp3) is 0.598. The van der Waals surface area contributed by atoms with Crippen molar-refractivity contribution < 1.29 is 70.4 Å². The number of hydrogen-bond donors (Lipinski definition) is 4. The molecule has 2 saturated heterocycles. The number of hydrogen-bond acceptors (Lipinski definition) is 17. The lowest BCUT2D eigenvalue weighted by molar-refractivity contribution is -0.163. The van der Waals surface area contributed by atoms with Crippen LogP contribution in [0.15, 0.2) is 84.9 Å². The van der Waals surface area contributed by atoms with Crippen molar-refractivity contribution in [1.82, 2.24) is 40.9 Å². The monoisotopic (exact) mass is 1460 g/mol. The Morgan fingerprint density at radius 2 is 1.17 bits per heavy atom. The third kappa shape index (κ3) is 32.9. The number of aryl methyl sites for hydroxylation is 2. The predicted molar refractivity (Wildman–Crippen MR) is 405 cm³/mol. The summed E-state index contributed by atoms with van der Waals surface area (Å²) in [5, 5.41) is 12.5. The second-order valence-corrected chi connectivity index (χ2v) is 31.8. The zero-order chi connectivity index (χ0) is 77.1. The highest BCUT2D eigenvalue weighted by atomic mass is 19.4. The lowest BCUT2D eigenvalue weighted by atomic mass is 9.95. The molecule has 2 heterocycles. The smallest absolute Gasteiger partial charge is 0.417 e. The van der Waals surface area contributed by atoms with Gasteiger partial charge in [-0.25, -0.2) is 0 Å². The molecule has 2 fully saturated rings. The Morgan fingerprint density at radius 1 is 0.590 bits per heavy atom. The standard InChI is InChI=1S/C82H119F3N8O12/c1-58-34-36-60(37-35-58)26-24-33-71(94)86-41-20-18-31-68(89-72(95)52-65-40-44-90(54-73(96)102-78(3,4)5)45-46-91(55-74(97)103-79(6,7)8)47-48-92(57-88-65)56-75(98)104-80(9,10)11)76(99)87-42-21-23-49-101-70-51-63(39-38-61-29-25-30-66(59(61)2)62-27-16-15-17-28-62)67(82(83,84)85)50-64(70)53-93-43-22-19-32-69(93)77(100)105-81(12,13)14/h15-17,25,27-30,34-39,50-51,65,68-69,88H,18-24,26,31-33,40-49,52-57H2,1-14H3,(H,86,94)(H,87,99)(H,89,95)/b39-38+/t65?,68-,69-/m0/s1. The van der Waals surface area contributed by atoms with Gasteiger partial charge in [0.15, 0.2) is 0 Å². The minimum absolute atomic E-state index is 0.0118. The van der Waals surface area contributed by atoms with Gasteiger partial charge in [0.2, 0.25) is 17.7 Å². The van der Waals surface area contributed by atoms with Crippen LogP contribution < -0.4 is 26.0 Å². The highest BCUT2D eigenvalue weighted by molar-refractivity contribution is 5.88. The maximum absolute atomic E-state index is 15.4. The number of alkyl halides is 3. The van der Waals surface area contributed by atoms with Gasteiger partial charge in [0, 0.05) is 83.5 Å². The quantitative estimate of drug-likeness (QED) is 0.0159. The molecular weight excluding hydrogens is 1350 g/mol. The van der Waals surface area contributed by atoms with E-state index in [1.165, 1.54) is 12.1 Å². The topological polar surface area (TPSA) is 227 Å². The first-order chi connectivity index (χ1) is 49.3. The Bertz CT molecular complexity index is 3440. The van der Waals surface area contributed by atoms with Gasteiger partial charge in [-0.15, -0.1) is 0 Å². The molecule has 0 saturated carbocycles. The van der Waals surface area contributed by atoms with Crippen molar-refractivity contribution in [1.29, 1.82) is 0 Å². The molecule has 0 bridgehead atoms.